The first kappa shape index (κ1) is 13.9. The van der Waals surface area contributed by atoms with E-state index in [1.54, 1.807) is 6.07 Å². The fourth-order valence-electron chi connectivity index (χ4n) is 3.37. The minimum absolute atomic E-state index is 0.381. The van der Waals surface area contributed by atoms with E-state index in [9.17, 15) is 5.11 Å². The van der Waals surface area contributed by atoms with Crippen molar-refractivity contribution in [2.24, 2.45) is 5.92 Å². The number of nitrogens with one attached hydrogen (secondary N) is 1. The molecule has 0 radical (unpaired) electrons. The zero-order valence-corrected chi connectivity index (χ0v) is 12.4. The van der Waals surface area contributed by atoms with Crippen molar-refractivity contribution in [2.45, 2.75) is 44.7 Å². The van der Waals surface area contributed by atoms with Crippen LogP contribution in [0.5, 0.6) is 5.75 Å². The molecule has 1 unspecified atom stereocenters. The van der Waals surface area contributed by atoms with Crippen LogP contribution in [0.2, 0.25) is 0 Å². The summed E-state index contributed by atoms with van der Waals surface area (Å²) in [6.07, 6.45) is 5.29. The van der Waals surface area contributed by atoms with E-state index in [1.165, 1.54) is 50.9 Å². The highest BCUT2D eigenvalue weighted by atomic mass is 16.3. The zero-order chi connectivity index (χ0) is 13.9. The molecule has 1 heterocycles. The van der Waals surface area contributed by atoms with E-state index in [2.05, 4.69) is 23.2 Å². The Balaban J connectivity index is 1.69. The Morgan fingerprint density at radius 3 is 2.65 bits per heavy atom. The first-order valence-electron chi connectivity index (χ1n) is 7.99. The van der Waals surface area contributed by atoms with Crippen molar-refractivity contribution >= 4 is 0 Å². The molecule has 1 saturated heterocycles. The topological polar surface area (TPSA) is 35.5 Å². The number of nitrogens with zero attached hydrogens (tertiary/aromatic N) is 1. The van der Waals surface area contributed by atoms with E-state index >= 15 is 0 Å². The van der Waals surface area contributed by atoms with Crippen molar-refractivity contribution in [3.8, 4) is 5.75 Å². The second-order valence-corrected chi connectivity index (χ2v) is 6.39. The van der Waals surface area contributed by atoms with Crippen LogP contribution >= 0.6 is 0 Å². The van der Waals surface area contributed by atoms with Gasteiger partial charge in [-0.15, -0.1) is 0 Å². The highest BCUT2D eigenvalue weighted by Gasteiger charge is 2.34. The summed E-state index contributed by atoms with van der Waals surface area (Å²) in [5.74, 6) is 1.21. The number of phenolic OH excluding ortho intramolecular Hbond substituents is 1. The largest absolute Gasteiger partial charge is 0.508 e. The molecule has 2 N–H and O–H groups in total. The van der Waals surface area contributed by atoms with Crippen molar-refractivity contribution < 1.29 is 5.11 Å². The van der Waals surface area contributed by atoms with Gasteiger partial charge in [0.15, 0.2) is 0 Å². The van der Waals surface area contributed by atoms with Crippen LogP contribution in [-0.2, 0) is 0 Å². The molecular weight excluding hydrogens is 248 g/mol. The lowest BCUT2D eigenvalue weighted by molar-refractivity contribution is 0.152. The quantitative estimate of drug-likeness (QED) is 0.866. The molecule has 0 bridgehead atoms. The summed E-state index contributed by atoms with van der Waals surface area (Å²) in [7, 11) is 0. The number of hydrogen-bond acceptors (Lipinski definition) is 3. The number of rotatable bonds is 5. The number of benzene rings is 1. The second kappa shape index (κ2) is 6.15. The Morgan fingerprint density at radius 2 is 2.00 bits per heavy atom. The fourth-order valence-corrected chi connectivity index (χ4v) is 3.37. The van der Waals surface area contributed by atoms with Crippen molar-refractivity contribution in [1.29, 1.82) is 0 Å². The van der Waals surface area contributed by atoms with Crippen LogP contribution in [-0.4, -0.2) is 35.7 Å². The molecule has 20 heavy (non-hydrogen) atoms. The van der Waals surface area contributed by atoms with Crippen LogP contribution in [0.1, 0.15) is 44.2 Å². The molecule has 1 aliphatic carbocycles. The average Bonchev–Trinajstić information content (AvgIpc) is 3.30. The molecular formula is C17H26N2O. The van der Waals surface area contributed by atoms with Crippen LogP contribution in [0, 0.1) is 5.92 Å². The van der Waals surface area contributed by atoms with Crippen LogP contribution < -0.4 is 5.32 Å². The van der Waals surface area contributed by atoms with Crippen molar-refractivity contribution in [3.05, 3.63) is 29.8 Å². The van der Waals surface area contributed by atoms with E-state index in [-0.39, 0.29) is 0 Å². The van der Waals surface area contributed by atoms with Crippen molar-refractivity contribution in [2.75, 3.05) is 19.6 Å². The van der Waals surface area contributed by atoms with Gasteiger partial charge in [0.2, 0.25) is 0 Å². The van der Waals surface area contributed by atoms with Crippen LogP contribution in [0.25, 0.3) is 0 Å². The van der Waals surface area contributed by atoms with Gasteiger partial charge in [-0.25, -0.2) is 0 Å². The van der Waals surface area contributed by atoms with E-state index in [1.807, 2.05) is 12.1 Å². The first-order valence-corrected chi connectivity index (χ1v) is 7.99. The molecule has 3 rings (SSSR count). The zero-order valence-electron chi connectivity index (χ0n) is 12.4. The van der Waals surface area contributed by atoms with Gasteiger partial charge in [-0.1, -0.05) is 12.1 Å². The molecule has 1 aliphatic heterocycles. The molecule has 0 aromatic heterocycles. The predicted octanol–water partition coefficient (Wildman–Crippen LogP) is 2.92. The maximum Gasteiger partial charge on any atom is 0.115 e. The van der Waals surface area contributed by atoms with E-state index < -0.39 is 0 Å². The summed E-state index contributed by atoms with van der Waals surface area (Å²) in [4.78, 5) is 2.67. The maximum atomic E-state index is 9.69. The molecule has 0 amide bonds. The predicted molar refractivity (Wildman–Crippen MR) is 81.8 cm³/mol. The summed E-state index contributed by atoms with van der Waals surface area (Å²) in [6.45, 7) is 5.84. The third-order valence-electron chi connectivity index (χ3n) is 4.79. The SMILES string of the molecule is CC(c1cccc(O)c1)N(CC1CCNCC1)C1CC1. The number of aromatic hydroxyl groups is 1. The number of piperidine rings is 1. The molecule has 1 atom stereocenters. The maximum absolute atomic E-state index is 9.69. The Labute approximate surface area is 122 Å². The Kier molecular flexibility index (Phi) is 4.27. The molecule has 2 fully saturated rings. The van der Waals surface area contributed by atoms with Gasteiger partial charge in [-0.3, -0.25) is 4.90 Å². The van der Waals surface area contributed by atoms with Crippen molar-refractivity contribution in [1.82, 2.24) is 10.2 Å². The third kappa shape index (κ3) is 3.33. The first-order chi connectivity index (χ1) is 9.74. The average molecular weight is 274 g/mol. The van der Waals surface area contributed by atoms with Crippen LogP contribution in [0.4, 0.5) is 0 Å². The van der Waals surface area contributed by atoms with Gasteiger partial charge < -0.3 is 10.4 Å². The van der Waals surface area contributed by atoms with Crippen LogP contribution in [0.15, 0.2) is 24.3 Å². The van der Waals surface area contributed by atoms with Gasteiger partial charge in [-0.05, 0) is 69.3 Å². The molecule has 2 aliphatic rings. The third-order valence-corrected chi connectivity index (χ3v) is 4.79. The van der Waals surface area contributed by atoms with Gasteiger partial charge in [0, 0.05) is 18.6 Å². The standard InChI is InChI=1S/C17H26N2O/c1-13(15-3-2-4-17(20)11-15)19(16-5-6-16)12-14-7-9-18-10-8-14/h2-4,11,13-14,16,18,20H,5-10,12H2,1H3. The molecule has 1 aromatic rings. The highest BCUT2D eigenvalue weighted by Crippen LogP contribution is 2.36. The lowest BCUT2D eigenvalue weighted by atomic mass is 9.96. The van der Waals surface area contributed by atoms with E-state index in [0.29, 0.717) is 11.8 Å². The van der Waals surface area contributed by atoms with Gasteiger partial charge >= 0.3 is 0 Å². The Morgan fingerprint density at radius 1 is 1.25 bits per heavy atom. The van der Waals surface area contributed by atoms with Crippen molar-refractivity contribution in [3.63, 3.8) is 0 Å². The monoisotopic (exact) mass is 274 g/mol. The Bertz CT molecular complexity index is 438. The molecule has 3 heteroatoms. The number of phenols is 1. The normalized spacial score (nSPS) is 22.1. The van der Waals surface area contributed by atoms with Gasteiger partial charge in [0.1, 0.15) is 5.75 Å². The molecule has 3 nitrogen and oxygen atoms in total. The smallest absolute Gasteiger partial charge is 0.115 e. The fraction of sp³-hybridized carbons (Fsp3) is 0.647. The van der Waals surface area contributed by atoms with Gasteiger partial charge in [-0.2, -0.15) is 0 Å². The minimum Gasteiger partial charge on any atom is -0.508 e. The van der Waals surface area contributed by atoms with Gasteiger partial charge in [0.05, 0.1) is 0 Å². The minimum atomic E-state index is 0.381. The second-order valence-electron chi connectivity index (χ2n) is 6.39. The van der Waals surface area contributed by atoms with Crippen LogP contribution in [0.3, 0.4) is 0 Å². The van der Waals surface area contributed by atoms with E-state index in [4.69, 9.17) is 0 Å². The summed E-state index contributed by atoms with van der Waals surface area (Å²) in [5.41, 5.74) is 1.24. The van der Waals surface area contributed by atoms with Gasteiger partial charge in [0.25, 0.3) is 0 Å². The lowest BCUT2D eigenvalue weighted by Crippen LogP contribution is -2.38. The number of hydrogen-bond donors (Lipinski definition) is 2. The van der Waals surface area contributed by atoms with E-state index in [0.717, 1.165) is 12.0 Å². The Hall–Kier alpha value is -1.06. The molecule has 0 spiro atoms. The molecule has 1 saturated carbocycles. The summed E-state index contributed by atoms with van der Waals surface area (Å²) >= 11 is 0. The lowest BCUT2D eigenvalue weighted by Gasteiger charge is -2.34. The summed E-state index contributed by atoms with van der Waals surface area (Å²) in [5, 5.41) is 13.1. The summed E-state index contributed by atoms with van der Waals surface area (Å²) in [6, 6.07) is 8.94. The molecule has 1 aromatic carbocycles. The highest BCUT2D eigenvalue weighted by molar-refractivity contribution is 5.29. The summed E-state index contributed by atoms with van der Waals surface area (Å²) < 4.78 is 0. The molecule has 110 valence electrons.